The summed E-state index contributed by atoms with van der Waals surface area (Å²) in [5.74, 6) is 0.247. The third-order valence-corrected chi connectivity index (χ3v) is 4.61. The molecule has 2 aromatic rings. The van der Waals surface area contributed by atoms with Crippen molar-refractivity contribution in [2.24, 2.45) is 0 Å². The SMILES string of the molecule is CCCCCCOc1ccc(C(=O)Nc2ccccc2C(=O)NCCCOC)cc1. The first-order valence-electron chi connectivity index (χ1n) is 10.6. The maximum atomic E-state index is 12.6. The Morgan fingerprint density at radius 3 is 2.37 bits per heavy atom. The van der Waals surface area contributed by atoms with E-state index in [9.17, 15) is 9.59 Å². The second kappa shape index (κ2) is 13.4. The van der Waals surface area contributed by atoms with Gasteiger partial charge in [0.05, 0.1) is 17.9 Å². The monoisotopic (exact) mass is 412 g/mol. The molecule has 0 saturated heterocycles. The maximum Gasteiger partial charge on any atom is 0.255 e. The van der Waals surface area contributed by atoms with E-state index in [2.05, 4.69) is 17.6 Å². The molecule has 2 rings (SSSR count). The predicted molar refractivity (Wildman–Crippen MR) is 119 cm³/mol. The molecule has 0 radical (unpaired) electrons. The van der Waals surface area contributed by atoms with Gasteiger partial charge >= 0.3 is 0 Å². The molecule has 0 heterocycles. The van der Waals surface area contributed by atoms with Crippen LogP contribution >= 0.6 is 0 Å². The van der Waals surface area contributed by atoms with E-state index in [-0.39, 0.29) is 11.8 Å². The van der Waals surface area contributed by atoms with Crippen molar-refractivity contribution in [1.29, 1.82) is 0 Å². The molecule has 162 valence electrons. The van der Waals surface area contributed by atoms with Gasteiger partial charge in [-0.3, -0.25) is 9.59 Å². The van der Waals surface area contributed by atoms with Crippen LogP contribution < -0.4 is 15.4 Å². The third kappa shape index (κ3) is 7.87. The van der Waals surface area contributed by atoms with Gasteiger partial charge in [-0.15, -0.1) is 0 Å². The number of unbranched alkanes of at least 4 members (excludes halogenated alkanes) is 3. The zero-order valence-corrected chi connectivity index (χ0v) is 17.9. The predicted octanol–water partition coefficient (Wildman–Crippen LogP) is 4.66. The summed E-state index contributed by atoms with van der Waals surface area (Å²) in [7, 11) is 1.62. The van der Waals surface area contributed by atoms with Crippen LogP contribution in [0.4, 0.5) is 5.69 Å². The maximum absolute atomic E-state index is 12.6. The van der Waals surface area contributed by atoms with Crippen molar-refractivity contribution in [3.63, 3.8) is 0 Å². The van der Waals surface area contributed by atoms with Gasteiger partial charge in [0.1, 0.15) is 5.75 Å². The molecule has 0 aromatic heterocycles. The molecule has 0 fully saturated rings. The molecule has 0 aliphatic carbocycles. The second-order valence-corrected chi connectivity index (χ2v) is 7.04. The average Bonchev–Trinajstić information content (AvgIpc) is 2.77. The Morgan fingerprint density at radius 1 is 0.867 bits per heavy atom. The number of hydrogen-bond donors (Lipinski definition) is 2. The molecule has 0 spiro atoms. The first-order chi connectivity index (χ1) is 14.7. The number of carbonyl (C=O) groups is 2. The summed E-state index contributed by atoms with van der Waals surface area (Å²) in [5, 5.41) is 5.67. The number of rotatable bonds is 13. The number of carbonyl (C=O) groups excluding carboxylic acids is 2. The van der Waals surface area contributed by atoms with E-state index in [1.54, 1.807) is 55.6 Å². The molecule has 2 aromatic carbocycles. The van der Waals surface area contributed by atoms with Gasteiger partial charge in [-0.25, -0.2) is 0 Å². The molecule has 0 unspecified atom stereocenters. The van der Waals surface area contributed by atoms with E-state index in [4.69, 9.17) is 9.47 Å². The van der Waals surface area contributed by atoms with Gasteiger partial charge in [0.15, 0.2) is 0 Å². The molecule has 6 heteroatoms. The summed E-state index contributed by atoms with van der Waals surface area (Å²) in [6, 6.07) is 14.0. The minimum atomic E-state index is -0.274. The topological polar surface area (TPSA) is 76.7 Å². The standard InChI is InChI=1S/C24H32N2O4/c1-3-4-5-8-18-30-20-14-12-19(13-15-20)23(27)26-22-11-7-6-10-21(22)24(28)25-16-9-17-29-2/h6-7,10-15H,3-5,8-9,16-18H2,1-2H3,(H,25,28)(H,26,27). The summed E-state index contributed by atoms with van der Waals surface area (Å²) < 4.78 is 10.7. The molecule has 6 nitrogen and oxygen atoms in total. The second-order valence-electron chi connectivity index (χ2n) is 7.04. The fourth-order valence-corrected chi connectivity index (χ4v) is 2.92. The van der Waals surface area contributed by atoms with Crippen LogP contribution in [-0.4, -0.2) is 38.7 Å². The van der Waals surface area contributed by atoms with Crippen molar-refractivity contribution >= 4 is 17.5 Å². The van der Waals surface area contributed by atoms with Crippen LogP contribution in [-0.2, 0) is 4.74 Å². The van der Waals surface area contributed by atoms with Crippen LogP contribution in [0, 0.1) is 0 Å². The van der Waals surface area contributed by atoms with E-state index in [1.165, 1.54) is 12.8 Å². The third-order valence-electron chi connectivity index (χ3n) is 4.61. The summed E-state index contributed by atoms with van der Waals surface area (Å²) in [6.07, 6.45) is 5.33. The number of anilines is 1. The minimum Gasteiger partial charge on any atom is -0.494 e. The van der Waals surface area contributed by atoms with Crippen LogP contribution in [0.5, 0.6) is 5.75 Å². The highest BCUT2D eigenvalue weighted by Gasteiger charge is 2.14. The minimum absolute atomic E-state index is 0.228. The highest BCUT2D eigenvalue weighted by atomic mass is 16.5. The molecule has 0 aliphatic heterocycles. The quantitative estimate of drug-likeness (QED) is 0.469. The highest BCUT2D eigenvalue weighted by molar-refractivity contribution is 6.09. The van der Waals surface area contributed by atoms with Crippen LogP contribution in [0.3, 0.4) is 0 Å². The average molecular weight is 413 g/mol. The number of para-hydroxylation sites is 1. The van der Waals surface area contributed by atoms with Crippen molar-refractivity contribution in [2.75, 3.05) is 32.2 Å². The fourth-order valence-electron chi connectivity index (χ4n) is 2.92. The van der Waals surface area contributed by atoms with Crippen LogP contribution in [0.15, 0.2) is 48.5 Å². The molecular weight excluding hydrogens is 380 g/mol. The molecule has 0 saturated carbocycles. The van der Waals surface area contributed by atoms with Gasteiger partial charge in [0.2, 0.25) is 0 Å². The number of benzene rings is 2. The number of methoxy groups -OCH3 is 1. The molecule has 2 amide bonds. The number of ether oxygens (including phenoxy) is 2. The van der Waals surface area contributed by atoms with Gasteiger partial charge in [0.25, 0.3) is 11.8 Å². The van der Waals surface area contributed by atoms with E-state index >= 15 is 0 Å². The first kappa shape index (κ1) is 23.4. The Labute approximate surface area is 179 Å². The smallest absolute Gasteiger partial charge is 0.255 e. The van der Waals surface area contributed by atoms with Gasteiger partial charge < -0.3 is 20.1 Å². The molecule has 0 bridgehead atoms. The molecule has 2 N–H and O–H groups in total. The van der Waals surface area contributed by atoms with Crippen molar-refractivity contribution < 1.29 is 19.1 Å². The fraction of sp³-hybridized carbons (Fsp3) is 0.417. The molecule has 0 atom stereocenters. The van der Waals surface area contributed by atoms with Gasteiger partial charge in [-0.05, 0) is 49.2 Å². The summed E-state index contributed by atoms with van der Waals surface area (Å²) >= 11 is 0. The molecule has 0 aliphatic rings. The van der Waals surface area contributed by atoms with Gasteiger partial charge in [0, 0.05) is 25.8 Å². The highest BCUT2D eigenvalue weighted by Crippen LogP contribution is 2.18. The summed E-state index contributed by atoms with van der Waals surface area (Å²) in [4.78, 5) is 25.1. The van der Waals surface area contributed by atoms with Gasteiger partial charge in [-0.1, -0.05) is 38.3 Å². The van der Waals surface area contributed by atoms with Crippen LogP contribution in [0.1, 0.15) is 59.7 Å². The van der Waals surface area contributed by atoms with Crippen molar-refractivity contribution in [3.05, 3.63) is 59.7 Å². The Bertz CT molecular complexity index is 790. The van der Waals surface area contributed by atoms with E-state index in [0.29, 0.717) is 36.6 Å². The van der Waals surface area contributed by atoms with Crippen LogP contribution in [0.25, 0.3) is 0 Å². The van der Waals surface area contributed by atoms with Crippen LogP contribution in [0.2, 0.25) is 0 Å². The number of hydrogen-bond acceptors (Lipinski definition) is 4. The Morgan fingerprint density at radius 2 is 1.63 bits per heavy atom. The zero-order chi connectivity index (χ0) is 21.6. The molecular formula is C24H32N2O4. The summed E-state index contributed by atoms with van der Waals surface area (Å²) in [5.41, 5.74) is 1.40. The van der Waals surface area contributed by atoms with Gasteiger partial charge in [-0.2, -0.15) is 0 Å². The summed E-state index contributed by atoms with van der Waals surface area (Å²) in [6.45, 7) is 3.95. The lowest BCUT2D eigenvalue weighted by Gasteiger charge is -2.12. The lowest BCUT2D eigenvalue weighted by molar-refractivity contribution is 0.0949. The largest absolute Gasteiger partial charge is 0.494 e. The normalized spacial score (nSPS) is 10.5. The zero-order valence-electron chi connectivity index (χ0n) is 17.9. The Balaban J connectivity index is 1.92. The lowest BCUT2D eigenvalue weighted by Crippen LogP contribution is -2.26. The Hall–Kier alpha value is -2.86. The molecule has 30 heavy (non-hydrogen) atoms. The first-order valence-corrected chi connectivity index (χ1v) is 10.6. The number of nitrogens with one attached hydrogen (secondary N) is 2. The van der Waals surface area contributed by atoms with E-state index < -0.39 is 0 Å². The van der Waals surface area contributed by atoms with E-state index in [1.807, 2.05) is 0 Å². The van der Waals surface area contributed by atoms with Crippen molar-refractivity contribution in [2.45, 2.75) is 39.0 Å². The number of amides is 2. The van der Waals surface area contributed by atoms with E-state index in [0.717, 1.165) is 25.0 Å². The van der Waals surface area contributed by atoms with Crippen molar-refractivity contribution in [1.82, 2.24) is 5.32 Å². The lowest BCUT2D eigenvalue weighted by atomic mass is 10.1. The Kier molecular flexibility index (Phi) is 10.4. The van der Waals surface area contributed by atoms with Crippen molar-refractivity contribution in [3.8, 4) is 5.75 Å².